The molecule has 0 amide bonds. The lowest BCUT2D eigenvalue weighted by atomic mass is 9.75. The predicted molar refractivity (Wildman–Crippen MR) is 81.9 cm³/mol. The predicted octanol–water partition coefficient (Wildman–Crippen LogP) is 4.03. The van der Waals surface area contributed by atoms with E-state index in [4.69, 9.17) is 9.84 Å². The lowest BCUT2D eigenvalue weighted by Gasteiger charge is -2.36. The highest BCUT2D eigenvalue weighted by Gasteiger charge is 2.33. The van der Waals surface area contributed by atoms with Gasteiger partial charge in [-0.05, 0) is 43.4 Å². The molecule has 0 aromatic carbocycles. The highest BCUT2D eigenvalue weighted by Crippen LogP contribution is 2.35. The molecule has 0 spiro atoms. The molecule has 4 nitrogen and oxygen atoms in total. The Morgan fingerprint density at radius 2 is 1.81 bits per heavy atom. The minimum atomic E-state index is -0.770. The number of unbranched alkanes of at least 4 members (excludes halogenated alkanes) is 2. The Morgan fingerprint density at radius 1 is 1.14 bits per heavy atom. The summed E-state index contributed by atoms with van der Waals surface area (Å²) < 4.78 is 5.71. The van der Waals surface area contributed by atoms with E-state index in [-0.39, 0.29) is 18.5 Å². The van der Waals surface area contributed by atoms with E-state index in [9.17, 15) is 9.59 Å². The maximum absolute atomic E-state index is 11.9. The van der Waals surface area contributed by atoms with Crippen LogP contribution in [0.4, 0.5) is 0 Å². The molecule has 1 saturated carbocycles. The Bertz CT molecular complexity index is 338. The van der Waals surface area contributed by atoms with Crippen LogP contribution in [-0.2, 0) is 14.3 Å². The molecule has 21 heavy (non-hydrogen) atoms. The van der Waals surface area contributed by atoms with Crippen LogP contribution >= 0.6 is 0 Å². The molecule has 1 aliphatic carbocycles. The number of carbonyl (C=O) groups excluding carboxylic acids is 1. The van der Waals surface area contributed by atoms with Crippen LogP contribution in [0, 0.1) is 17.8 Å². The van der Waals surface area contributed by atoms with Crippen LogP contribution in [0.15, 0.2) is 0 Å². The van der Waals surface area contributed by atoms with Crippen molar-refractivity contribution < 1.29 is 19.4 Å². The Kier molecular flexibility index (Phi) is 7.76. The third-order valence-corrected chi connectivity index (χ3v) is 4.52. The third kappa shape index (κ3) is 6.96. The lowest BCUT2D eigenvalue weighted by molar-refractivity contribution is -0.156. The van der Waals surface area contributed by atoms with Gasteiger partial charge in [-0.25, -0.2) is 0 Å². The van der Waals surface area contributed by atoms with Crippen molar-refractivity contribution in [3.63, 3.8) is 0 Å². The smallest absolute Gasteiger partial charge is 0.306 e. The van der Waals surface area contributed by atoms with Crippen LogP contribution in [0.25, 0.3) is 0 Å². The Balaban J connectivity index is 2.29. The van der Waals surface area contributed by atoms with Crippen molar-refractivity contribution in [3.05, 3.63) is 0 Å². The van der Waals surface area contributed by atoms with Gasteiger partial charge in [-0.2, -0.15) is 0 Å². The summed E-state index contributed by atoms with van der Waals surface area (Å²) in [5, 5.41) is 8.55. The first kappa shape index (κ1) is 18.0. The van der Waals surface area contributed by atoms with Gasteiger partial charge >= 0.3 is 11.9 Å². The average Bonchev–Trinajstić information content (AvgIpc) is 2.37. The fraction of sp³-hybridized carbons (Fsp3) is 0.882. The van der Waals surface area contributed by atoms with Crippen LogP contribution in [0.1, 0.15) is 72.1 Å². The Morgan fingerprint density at radius 3 is 2.43 bits per heavy atom. The zero-order chi connectivity index (χ0) is 15.8. The summed E-state index contributed by atoms with van der Waals surface area (Å²) in [6.07, 6.45) is 6.16. The van der Waals surface area contributed by atoms with Gasteiger partial charge in [0.05, 0.1) is 0 Å². The maximum atomic E-state index is 11.9. The van der Waals surface area contributed by atoms with Crippen LogP contribution in [-0.4, -0.2) is 23.1 Å². The van der Waals surface area contributed by atoms with Crippen molar-refractivity contribution in [2.24, 2.45) is 17.8 Å². The molecule has 0 aromatic heterocycles. The van der Waals surface area contributed by atoms with E-state index in [1.807, 2.05) is 0 Å². The van der Waals surface area contributed by atoms with Crippen LogP contribution in [0.3, 0.4) is 0 Å². The molecule has 122 valence electrons. The van der Waals surface area contributed by atoms with E-state index in [1.165, 1.54) is 6.42 Å². The quantitative estimate of drug-likeness (QED) is 0.543. The summed E-state index contributed by atoms with van der Waals surface area (Å²) >= 11 is 0. The SMILES string of the molecule is CC1CCC(C(C)C)C(OC(=O)CCCCCC(=O)O)C1. The molecule has 0 heterocycles. The van der Waals surface area contributed by atoms with E-state index in [2.05, 4.69) is 20.8 Å². The van der Waals surface area contributed by atoms with Gasteiger partial charge in [0.2, 0.25) is 0 Å². The number of aliphatic carboxylic acids is 1. The van der Waals surface area contributed by atoms with Gasteiger partial charge in [-0.15, -0.1) is 0 Å². The van der Waals surface area contributed by atoms with Crippen LogP contribution in [0.2, 0.25) is 0 Å². The number of hydrogen-bond donors (Lipinski definition) is 1. The normalized spacial score (nSPS) is 25.8. The second kappa shape index (κ2) is 9.06. The van der Waals surface area contributed by atoms with E-state index in [1.54, 1.807) is 0 Å². The standard InChI is InChI=1S/C17H30O4/c1-12(2)14-10-9-13(3)11-15(14)21-17(20)8-6-4-5-7-16(18)19/h12-15H,4-11H2,1-3H3,(H,18,19). The number of carbonyl (C=O) groups is 2. The first-order valence-electron chi connectivity index (χ1n) is 8.31. The molecule has 0 aliphatic heterocycles. The second-order valence-electron chi connectivity index (χ2n) is 6.81. The van der Waals surface area contributed by atoms with E-state index in [0.29, 0.717) is 30.6 Å². The molecule has 3 unspecified atom stereocenters. The van der Waals surface area contributed by atoms with Gasteiger partial charge < -0.3 is 9.84 Å². The van der Waals surface area contributed by atoms with Gasteiger partial charge in [0.25, 0.3) is 0 Å². The summed E-state index contributed by atoms with van der Waals surface area (Å²) in [4.78, 5) is 22.3. The fourth-order valence-corrected chi connectivity index (χ4v) is 3.20. The highest BCUT2D eigenvalue weighted by molar-refractivity contribution is 5.69. The molecule has 0 bridgehead atoms. The molecular formula is C17H30O4. The Hall–Kier alpha value is -1.06. The van der Waals surface area contributed by atoms with Crippen molar-refractivity contribution in [2.75, 3.05) is 0 Å². The number of esters is 1. The molecule has 3 atom stereocenters. The van der Waals surface area contributed by atoms with Crippen molar-refractivity contribution in [3.8, 4) is 0 Å². The second-order valence-corrected chi connectivity index (χ2v) is 6.81. The zero-order valence-corrected chi connectivity index (χ0v) is 13.6. The molecule has 0 aromatic rings. The molecule has 1 aliphatic rings. The van der Waals surface area contributed by atoms with Gasteiger partial charge in [0.15, 0.2) is 0 Å². The first-order valence-corrected chi connectivity index (χ1v) is 8.31. The minimum Gasteiger partial charge on any atom is -0.481 e. The maximum Gasteiger partial charge on any atom is 0.306 e. The van der Waals surface area contributed by atoms with Crippen molar-refractivity contribution in [1.29, 1.82) is 0 Å². The van der Waals surface area contributed by atoms with Gasteiger partial charge in [0.1, 0.15) is 6.10 Å². The largest absolute Gasteiger partial charge is 0.481 e. The van der Waals surface area contributed by atoms with Crippen molar-refractivity contribution >= 4 is 11.9 Å². The zero-order valence-electron chi connectivity index (χ0n) is 13.6. The number of ether oxygens (including phenoxy) is 1. The molecule has 1 fully saturated rings. The number of rotatable bonds is 8. The summed E-state index contributed by atoms with van der Waals surface area (Å²) in [6.45, 7) is 6.63. The summed E-state index contributed by atoms with van der Waals surface area (Å²) in [7, 11) is 0. The highest BCUT2D eigenvalue weighted by atomic mass is 16.5. The van der Waals surface area contributed by atoms with Crippen LogP contribution in [0.5, 0.6) is 0 Å². The molecule has 4 heteroatoms. The van der Waals surface area contributed by atoms with Gasteiger partial charge in [-0.3, -0.25) is 9.59 Å². The van der Waals surface area contributed by atoms with Gasteiger partial charge in [0, 0.05) is 12.8 Å². The molecule has 1 N–H and O–H groups in total. The van der Waals surface area contributed by atoms with E-state index < -0.39 is 5.97 Å². The van der Waals surface area contributed by atoms with E-state index in [0.717, 1.165) is 25.7 Å². The average molecular weight is 298 g/mol. The van der Waals surface area contributed by atoms with Crippen LogP contribution < -0.4 is 0 Å². The third-order valence-electron chi connectivity index (χ3n) is 4.52. The summed E-state index contributed by atoms with van der Waals surface area (Å²) in [5.74, 6) is 0.778. The topological polar surface area (TPSA) is 63.6 Å². The fourth-order valence-electron chi connectivity index (χ4n) is 3.20. The molecule has 0 saturated heterocycles. The lowest BCUT2D eigenvalue weighted by Crippen LogP contribution is -2.35. The number of carboxylic acid groups (broad SMARTS) is 1. The minimum absolute atomic E-state index is 0.0697. The first-order chi connectivity index (χ1) is 9.90. The Labute approximate surface area is 128 Å². The number of hydrogen-bond acceptors (Lipinski definition) is 3. The van der Waals surface area contributed by atoms with Crippen molar-refractivity contribution in [2.45, 2.75) is 78.2 Å². The number of carboxylic acids is 1. The molecule has 0 radical (unpaired) electrons. The summed E-state index contributed by atoms with van der Waals surface area (Å²) in [5.41, 5.74) is 0. The van der Waals surface area contributed by atoms with E-state index >= 15 is 0 Å². The monoisotopic (exact) mass is 298 g/mol. The molecule has 1 rings (SSSR count). The van der Waals surface area contributed by atoms with Gasteiger partial charge in [-0.1, -0.05) is 33.6 Å². The summed E-state index contributed by atoms with van der Waals surface area (Å²) in [6, 6.07) is 0. The molecular weight excluding hydrogens is 268 g/mol. The van der Waals surface area contributed by atoms with Crippen molar-refractivity contribution in [1.82, 2.24) is 0 Å².